The molecule has 0 aromatic heterocycles. The molecule has 0 radical (unpaired) electrons. The minimum absolute atomic E-state index is 0.127. The molecule has 0 aliphatic carbocycles. The van der Waals surface area contributed by atoms with Crippen LogP contribution in [0.1, 0.15) is 16.7 Å². The average molecular weight is 298 g/mol. The van der Waals surface area contributed by atoms with Crippen molar-refractivity contribution in [3.63, 3.8) is 0 Å². The first-order valence-corrected chi connectivity index (χ1v) is 6.40. The van der Waals surface area contributed by atoms with E-state index in [0.717, 1.165) is 12.5 Å². The fourth-order valence-corrected chi connectivity index (χ4v) is 2.07. The van der Waals surface area contributed by atoms with Gasteiger partial charge in [0.15, 0.2) is 23.3 Å². The average Bonchev–Trinajstić information content (AvgIpc) is 2.51. The first-order chi connectivity index (χ1) is 9.95. The van der Waals surface area contributed by atoms with Gasteiger partial charge in [0.2, 0.25) is 0 Å². The van der Waals surface area contributed by atoms with Crippen LogP contribution in [0, 0.1) is 30.2 Å². The molecule has 0 bridgehead atoms. The number of methoxy groups -OCH3 is 1. The summed E-state index contributed by atoms with van der Waals surface area (Å²) in [4.78, 5) is 0. The molecule has 0 N–H and O–H groups in total. The standard InChI is InChI=1S/C16H14F4O/c1-9-13(17)15(19)12(16(20)14(9)18)8-5-10-3-6-11(21-2)7-4-10/h3-4,6-7H,5,8H2,1-2H3. The van der Waals surface area contributed by atoms with E-state index < -0.39 is 34.4 Å². The molecule has 0 heterocycles. The van der Waals surface area contributed by atoms with Gasteiger partial charge >= 0.3 is 0 Å². The van der Waals surface area contributed by atoms with Gasteiger partial charge in [-0.3, -0.25) is 0 Å². The molecule has 0 atom stereocenters. The Labute approximate surface area is 120 Å². The van der Waals surface area contributed by atoms with Gasteiger partial charge in [-0.2, -0.15) is 0 Å². The van der Waals surface area contributed by atoms with Crippen molar-refractivity contribution in [3.05, 3.63) is 64.2 Å². The molecule has 0 saturated carbocycles. The number of halogens is 4. The first kappa shape index (κ1) is 15.4. The number of aryl methyl sites for hydroxylation is 1. The molecule has 0 saturated heterocycles. The van der Waals surface area contributed by atoms with Crippen molar-refractivity contribution in [2.75, 3.05) is 7.11 Å². The Kier molecular flexibility index (Phi) is 4.50. The van der Waals surface area contributed by atoms with Gasteiger partial charge in [0.05, 0.1) is 7.11 Å². The number of hydrogen-bond acceptors (Lipinski definition) is 1. The number of benzene rings is 2. The Morgan fingerprint density at radius 3 is 1.81 bits per heavy atom. The molecule has 0 aliphatic heterocycles. The third-order valence-electron chi connectivity index (χ3n) is 3.40. The smallest absolute Gasteiger partial charge is 0.165 e. The van der Waals surface area contributed by atoms with E-state index in [1.165, 1.54) is 7.11 Å². The summed E-state index contributed by atoms with van der Waals surface area (Å²) in [5, 5.41) is 0. The normalized spacial score (nSPS) is 10.8. The zero-order chi connectivity index (χ0) is 15.6. The second-order valence-electron chi connectivity index (χ2n) is 4.71. The molecule has 0 aliphatic rings. The van der Waals surface area contributed by atoms with E-state index in [4.69, 9.17) is 4.74 Å². The van der Waals surface area contributed by atoms with Gasteiger partial charge in [0, 0.05) is 11.1 Å². The second kappa shape index (κ2) is 6.16. The van der Waals surface area contributed by atoms with Gasteiger partial charge < -0.3 is 4.74 Å². The molecule has 21 heavy (non-hydrogen) atoms. The fraction of sp³-hybridized carbons (Fsp3) is 0.250. The van der Waals surface area contributed by atoms with E-state index in [2.05, 4.69) is 0 Å². The SMILES string of the molecule is COc1ccc(CCc2c(F)c(F)c(C)c(F)c2F)cc1. The van der Waals surface area contributed by atoms with E-state index in [1.54, 1.807) is 24.3 Å². The lowest BCUT2D eigenvalue weighted by Crippen LogP contribution is -2.07. The van der Waals surface area contributed by atoms with Crippen LogP contribution in [0.2, 0.25) is 0 Å². The Balaban J connectivity index is 2.23. The number of ether oxygens (including phenoxy) is 1. The highest BCUT2D eigenvalue weighted by atomic mass is 19.2. The topological polar surface area (TPSA) is 9.23 Å². The number of rotatable bonds is 4. The van der Waals surface area contributed by atoms with Crippen LogP contribution in [-0.2, 0) is 12.8 Å². The Hall–Kier alpha value is -2.04. The maximum atomic E-state index is 13.7. The molecule has 2 aromatic carbocycles. The first-order valence-electron chi connectivity index (χ1n) is 6.40. The Bertz CT molecular complexity index is 621. The van der Waals surface area contributed by atoms with Crippen molar-refractivity contribution >= 4 is 0 Å². The molecular formula is C16H14F4O. The van der Waals surface area contributed by atoms with Crippen LogP contribution in [0.5, 0.6) is 5.75 Å². The minimum atomic E-state index is -1.33. The highest BCUT2D eigenvalue weighted by Crippen LogP contribution is 2.25. The molecule has 2 aromatic rings. The van der Waals surface area contributed by atoms with Gasteiger partial charge in [0.1, 0.15) is 5.75 Å². The predicted molar refractivity (Wildman–Crippen MR) is 71.4 cm³/mol. The van der Waals surface area contributed by atoms with Crippen LogP contribution in [0.3, 0.4) is 0 Å². The maximum Gasteiger partial charge on any atom is 0.165 e. The maximum absolute atomic E-state index is 13.7. The van der Waals surface area contributed by atoms with Crippen molar-refractivity contribution in [2.24, 2.45) is 0 Å². The zero-order valence-electron chi connectivity index (χ0n) is 11.6. The molecule has 1 nitrogen and oxygen atoms in total. The van der Waals surface area contributed by atoms with E-state index in [0.29, 0.717) is 5.75 Å². The molecule has 0 unspecified atom stereocenters. The summed E-state index contributed by atoms with van der Waals surface area (Å²) in [6.45, 7) is 1.00. The third kappa shape index (κ3) is 3.01. The zero-order valence-corrected chi connectivity index (χ0v) is 11.6. The van der Waals surface area contributed by atoms with Crippen molar-refractivity contribution in [1.29, 1.82) is 0 Å². The highest BCUT2D eigenvalue weighted by Gasteiger charge is 2.22. The third-order valence-corrected chi connectivity index (χ3v) is 3.40. The van der Waals surface area contributed by atoms with E-state index in [1.807, 2.05) is 0 Å². The Morgan fingerprint density at radius 2 is 1.33 bits per heavy atom. The van der Waals surface area contributed by atoms with Gasteiger partial charge in [-0.05, 0) is 37.5 Å². The molecule has 2 rings (SSSR count). The summed E-state index contributed by atoms with van der Waals surface area (Å²) in [5.41, 5.74) is -0.416. The molecule has 5 heteroatoms. The van der Waals surface area contributed by atoms with Gasteiger partial charge in [-0.1, -0.05) is 12.1 Å². The van der Waals surface area contributed by atoms with Crippen LogP contribution in [-0.4, -0.2) is 7.11 Å². The predicted octanol–water partition coefficient (Wildman–Crippen LogP) is 4.35. The van der Waals surface area contributed by atoms with Crippen molar-refractivity contribution in [1.82, 2.24) is 0 Å². The fourth-order valence-electron chi connectivity index (χ4n) is 2.07. The van der Waals surface area contributed by atoms with Crippen LogP contribution in [0.4, 0.5) is 17.6 Å². The summed E-state index contributed by atoms with van der Waals surface area (Å²) in [7, 11) is 1.53. The molecule has 112 valence electrons. The van der Waals surface area contributed by atoms with Crippen LogP contribution in [0.15, 0.2) is 24.3 Å². The lowest BCUT2D eigenvalue weighted by atomic mass is 10.0. The van der Waals surface area contributed by atoms with E-state index in [9.17, 15) is 17.6 Å². The summed E-state index contributed by atoms with van der Waals surface area (Å²) < 4.78 is 59.4. The van der Waals surface area contributed by atoms with Crippen LogP contribution >= 0.6 is 0 Å². The van der Waals surface area contributed by atoms with Gasteiger partial charge in [-0.25, -0.2) is 17.6 Å². The van der Waals surface area contributed by atoms with Crippen molar-refractivity contribution in [2.45, 2.75) is 19.8 Å². The highest BCUT2D eigenvalue weighted by molar-refractivity contribution is 5.31. The number of hydrogen-bond donors (Lipinski definition) is 0. The lowest BCUT2D eigenvalue weighted by Gasteiger charge is -2.10. The van der Waals surface area contributed by atoms with Crippen molar-refractivity contribution < 1.29 is 22.3 Å². The summed E-state index contributed by atoms with van der Waals surface area (Å²) in [6.07, 6.45) is 0.137. The molecule has 0 fully saturated rings. The largest absolute Gasteiger partial charge is 0.497 e. The summed E-state index contributed by atoms with van der Waals surface area (Å²) >= 11 is 0. The van der Waals surface area contributed by atoms with Crippen LogP contribution in [0.25, 0.3) is 0 Å². The lowest BCUT2D eigenvalue weighted by molar-refractivity contribution is 0.414. The second-order valence-corrected chi connectivity index (χ2v) is 4.71. The summed E-state index contributed by atoms with van der Waals surface area (Å²) in [5.74, 6) is -4.65. The minimum Gasteiger partial charge on any atom is -0.497 e. The van der Waals surface area contributed by atoms with Crippen molar-refractivity contribution in [3.8, 4) is 5.75 Å². The quantitative estimate of drug-likeness (QED) is 0.602. The molecule has 0 spiro atoms. The summed E-state index contributed by atoms with van der Waals surface area (Å²) in [6, 6.07) is 6.88. The van der Waals surface area contributed by atoms with Gasteiger partial charge in [-0.15, -0.1) is 0 Å². The molecule has 0 amide bonds. The van der Waals surface area contributed by atoms with Gasteiger partial charge in [0.25, 0.3) is 0 Å². The Morgan fingerprint density at radius 1 is 0.810 bits per heavy atom. The monoisotopic (exact) mass is 298 g/mol. The molecular weight excluding hydrogens is 284 g/mol. The van der Waals surface area contributed by atoms with Crippen LogP contribution < -0.4 is 4.74 Å². The van der Waals surface area contributed by atoms with E-state index in [-0.39, 0.29) is 12.8 Å². The van der Waals surface area contributed by atoms with E-state index >= 15 is 0 Å².